The third-order valence-corrected chi connectivity index (χ3v) is 5.62. The van der Waals surface area contributed by atoms with Gasteiger partial charge in [0.2, 0.25) is 0 Å². The average molecular weight is 346 g/mol. The predicted octanol–water partition coefficient (Wildman–Crippen LogP) is 5.30. The number of nitrogens with one attached hydrogen (secondary N) is 1. The predicted molar refractivity (Wildman–Crippen MR) is 101 cm³/mol. The van der Waals surface area contributed by atoms with E-state index in [0.717, 1.165) is 28.8 Å². The summed E-state index contributed by atoms with van der Waals surface area (Å²) in [5, 5.41) is 0. The summed E-state index contributed by atoms with van der Waals surface area (Å²) in [7, 11) is -3.60. The topological polar surface area (TPSA) is 46.2 Å². The van der Waals surface area contributed by atoms with Gasteiger partial charge in [0.05, 0.1) is 10.6 Å². The van der Waals surface area contributed by atoms with Gasteiger partial charge >= 0.3 is 0 Å². The zero-order chi connectivity index (χ0) is 17.9. The van der Waals surface area contributed by atoms with Crippen LogP contribution in [0.4, 0.5) is 5.69 Å². The molecule has 0 fully saturated rings. The number of rotatable bonds is 6. The lowest BCUT2D eigenvalue weighted by Gasteiger charge is -2.21. The van der Waals surface area contributed by atoms with Crippen molar-refractivity contribution in [3.05, 3.63) is 59.2 Å². The van der Waals surface area contributed by atoms with E-state index < -0.39 is 10.0 Å². The highest BCUT2D eigenvalue weighted by atomic mass is 32.2. The third kappa shape index (κ3) is 3.99. The fourth-order valence-corrected chi connectivity index (χ4v) is 3.88. The second kappa shape index (κ2) is 7.39. The molecule has 0 aliphatic carbocycles. The minimum atomic E-state index is -3.60. The normalized spacial score (nSPS) is 12.0. The molecule has 0 aliphatic rings. The molecule has 0 spiro atoms. The molecule has 4 heteroatoms. The first-order valence-electron chi connectivity index (χ1n) is 8.50. The van der Waals surface area contributed by atoms with Crippen molar-refractivity contribution in [2.24, 2.45) is 0 Å². The average Bonchev–Trinajstić information content (AvgIpc) is 2.54. The zero-order valence-electron chi connectivity index (χ0n) is 15.1. The maximum atomic E-state index is 12.8. The van der Waals surface area contributed by atoms with Crippen LogP contribution in [0.3, 0.4) is 0 Å². The maximum absolute atomic E-state index is 12.8. The Bertz CT molecular complexity index is 765. The standard InChI is InChI=1S/C20H27NO2S/c1-6-16-10-12-17(13-11-16)24(22,23)21-20-18(14(2)3)8-7-9-19(20)15(4)5/h7-15,21H,6H2,1-5H3. The van der Waals surface area contributed by atoms with E-state index in [-0.39, 0.29) is 11.8 Å². The van der Waals surface area contributed by atoms with Gasteiger partial charge in [-0.3, -0.25) is 4.72 Å². The lowest BCUT2D eigenvalue weighted by Crippen LogP contribution is -2.16. The van der Waals surface area contributed by atoms with Crippen LogP contribution in [0.5, 0.6) is 0 Å². The van der Waals surface area contributed by atoms with E-state index in [1.165, 1.54) is 0 Å². The first-order chi connectivity index (χ1) is 11.3. The van der Waals surface area contributed by atoms with E-state index in [0.29, 0.717) is 4.90 Å². The number of benzene rings is 2. The van der Waals surface area contributed by atoms with Crippen molar-refractivity contribution in [3.8, 4) is 0 Å². The number of anilines is 1. The Morgan fingerprint density at radius 1 is 0.875 bits per heavy atom. The van der Waals surface area contributed by atoms with Crippen LogP contribution < -0.4 is 4.72 Å². The van der Waals surface area contributed by atoms with Crippen molar-refractivity contribution in [2.45, 2.75) is 57.8 Å². The van der Waals surface area contributed by atoms with Crippen LogP contribution in [0.15, 0.2) is 47.4 Å². The quantitative estimate of drug-likeness (QED) is 0.772. The molecule has 24 heavy (non-hydrogen) atoms. The van der Waals surface area contributed by atoms with Gasteiger partial charge in [-0.05, 0) is 47.1 Å². The number of aryl methyl sites for hydroxylation is 1. The molecule has 2 aromatic carbocycles. The van der Waals surface area contributed by atoms with Crippen LogP contribution in [0.2, 0.25) is 0 Å². The number of para-hydroxylation sites is 1. The van der Waals surface area contributed by atoms with Crippen LogP contribution in [-0.2, 0) is 16.4 Å². The van der Waals surface area contributed by atoms with E-state index in [4.69, 9.17) is 0 Å². The Balaban J connectivity index is 2.48. The van der Waals surface area contributed by atoms with Gasteiger partial charge in [-0.15, -0.1) is 0 Å². The van der Waals surface area contributed by atoms with Crippen LogP contribution in [-0.4, -0.2) is 8.42 Å². The molecule has 0 aromatic heterocycles. The molecule has 130 valence electrons. The summed E-state index contributed by atoms with van der Waals surface area (Å²) in [5.41, 5.74) is 3.89. The maximum Gasteiger partial charge on any atom is 0.261 e. The molecule has 0 amide bonds. The fraction of sp³-hybridized carbons (Fsp3) is 0.400. The molecule has 0 aliphatic heterocycles. The Morgan fingerprint density at radius 3 is 1.79 bits per heavy atom. The number of hydrogen-bond acceptors (Lipinski definition) is 2. The van der Waals surface area contributed by atoms with E-state index in [1.807, 2.05) is 30.3 Å². The summed E-state index contributed by atoms with van der Waals surface area (Å²) in [5.74, 6) is 0.479. The fourth-order valence-electron chi connectivity index (χ4n) is 2.77. The van der Waals surface area contributed by atoms with E-state index in [1.54, 1.807) is 12.1 Å². The summed E-state index contributed by atoms with van der Waals surface area (Å²) < 4.78 is 28.5. The molecule has 3 nitrogen and oxygen atoms in total. The Morgan fingerprint density at radius 2 is 1.38 bits per heavy atom. The minimum Gasteiger partial charge on any atom is -0.279 e. The van der Waals surface area contributed by atoms with Gasteiger partial charge in [0, 0.05) is 0 Å². The first kappa shape index (κ1) is 18.5. The van der Waals surface area contributed by atoms with E-state index in [9.17, 15) is 8.42 Å². The molecule has 0 radical (unpaired) electrons. The van der Waals surface area contributed by atoms with Crippen molar-refractivity contribution >= 4 is 15.7 Å². The molecule has 0 saturated carbocycles. The molecule has 1 N–H and O–H groups in total. The molecule has 0 atom stereocenters. The SMILES string of the molecule is CCc1ccc(S(=O)(=O)Nc2c(C(C)C)cccc2C(C)C)cc1. The summed E-state index contributed by atoms with van der Waals surface area (Å²) in [6.07, 6.45) is 0.890. The van der Waals surface area contributed by atoms with E-state index >= 15 is 0 Å². The molecule has 0 heterocycles. The van der Waals surface area contributed by atoms with Gasteiger partial charge < -0.3 is 0 Å². The largest absolute Gasteiger partial charge is 0.279 e. The van der Waals surface area contributed by atoms with Gasteiger partial charge in [0.15, 0.2) is 0 Å². The second-order valence-corrected chi connectivity index (χ2v) is 8.41. The Labute approximate surface area is 146 Å². The molecule has 0 bridgehead atoms. The van der Waals surface area contributed by atoms with Crippen LogP contribution in [0.1, 0.15) is 63.1 Å². The summed E-state index contributed by atoms with van der Waals surface area (Å²) >= 11 is 0. The van der Waals surface area contributed by atoms with Crippen molar-refractivity contribution in [1.82, 2.24) is 0 Å². The highest BCUT2D eigenvalue weighted by Gasteiger charge is 2.20. The lowest BCUT2D eigenvalue weighted by molar-refractivity contribution is 0.601. The van der Waals surface area contributed by atoms with Crippen molar-refractivity contribution in [3.63, 3.8) is 0 Å². The molecular weight excluding hydrogens is 318 g/mol. The zero-order valence-corrected chi connectivity index (χ0v) is 15.9. The van der Waals surface area contributed by atoms with Gasteiger partial charge in [0.1, 0.15) is 0 Å². The van der Waals surface area contributed by atoms with Gasteiger partial charge in [0.25, 0.3) is 10.0 Å². The smallest absolute Gasteiger partial charge is 0.261 e. The van der Waals surface area contributed by atoms with Crippen LogP contribution >= 0.6 is 0 Å². The van der Waals surface area contributed by atoms with Crippen LogP contribution in [0.25, 0.3) is 0 Å². The highest BCUT2D eigenvalue weighted by Crippen LogP contribution is 2.33. The van der Waals surface area contributed by atoms with Crippen molar-refractivity contribution < 1.29 is 8.42 Å². The van der Waals surface area contributed by atoms with Crippen molar-refractivity contribution in [1.29, 1.82) is 0 Å². The van der Waals surface area contributed by atoms with Gasteiger partial charge in [-0.25, -0.2) is 8.42 Å². The second-order valence-electron chi connectivity index (χ2n) is 6.72. The number of hydrogen-bond donors (Lipinski definition) is 1. The summed E-state index contributed by atoms with van der Waals surface area (Å²) in [6.45, 7) is 10.4. The van der Waals surface area contributed by atoms with Crippen LogP contribution in [0, 0.1) is 0 Å². The molecule has 0 unspecified atom stereocenters. The van der Waals surface area contributed by atoms with Crippen molar-refractivity contribution in [2.75, 3.05) is 4.72 Å². The monoisotopic (exact) mass is 345 g/mol. The van der Waals surface area contributed by atoms with Gasteiger partial charge in [-0.1, -0.05) is 65.0 Å². The Hall–Kier alpha value is -1.81. The molecule has 2 aromatic rings. The molecular formula is C20H27NO2S. The highest BCUT2D eigenvalue weighted by molar-refractivity contribution is 7.92. The Kier molecular flexibility index (Phi) is 5.70. The molecule has 0 saturated heterocycles. The number of sulfonamides is 1. The summed E-state index contributed by atoms with van der Waals surface area (Å²) in [6, 6.07) is 13.1. The molecule has 2 rings (SSSR count). The summed E-state index contributed by atoms with van der Waals surface area (Å²) in [4.78, 5) is 0.299. The minimum absolute atomic E-state index is 0.240. The third-order valence-electron chi connectivity index (χ3n) is 4.25. The first-order valence-corrected chi connectivity index (χ1v) is 9.99. The van der Waals surface area contributed by atoms with Gasteiger partial charge in [-0.2, -0.15) is 0 Å². The van der Waals surface area contributed by atoms with E-state index in [2.05, 4.69) is 39.3 Å². The lowest BCUT2D eigenvalue weighted by atomic mass is 9.93.